The van der Waals surface area contributed by atoms with E-state index < -0.39 is 0 Å². The van der Waals surface area contributed by atoms with Gasteiger partial charge >= 0.3 is 0 Å². The molecule has 4 heteroatoms. The molecule has 2 aromatic rings. The molecule has 0 unspecified atom stereocenters. The molecule has 4 nitrogen and oxygen atoms in total. The Morgan fingerprint density at radius 2 is 2.00 bits per heavy atom. The second kappa shape index (κ2) is 8.82. The van der Waals surface area contributed by atoms with Crippen LogP contribution in [-0.4, -0.2) is 17.5 Å². The number of nitrogens with one attached hydrogen (secondary N) is 1. The van der Waals surface area contributed by atoms with E-state index in [1.165, 1.54) is 12.8 Å². The molecule has 1 aromatic heterocycles. The number of aromatic nitrogens is 1. The quantitative estimate of drug-likeness (QED) is 0.758. The van der Waals surface area contributed by atoms with Gasteiger partial charge in [-0.3, -0.25) is 9.78 Å². The van der Waals surface area contributed by atoms with Gasteiger partial charge in [0.1, 0.15) is 5.75 Å². The topological polar surface area (TPSA) is 51.2 Å². The van der Waals surface area contributed by atoms with E-state index in [4.69, 9.17) is 4.74 Å². The minimum atomic E-state index is -0.0959. The number of ether oxygens (including phenoxy) is 1. The van der Waals surface area contributed by atoms with Crippen molar-refractivity contribution in [3.63, 3.8) is 0 Å². The number of unbranched alkanes of at least 4 members (excludes halogenated alkanes) is 2. The van der Waals surface area contributed by atoms with Crippen LogP contribution in [0.1, 0.15) is 42.1 Å². The number of benzene rings is 1. The standard InChI is InChI=1S/C18H22N2O2/c1-2-3-4-12-22-17-9-7-16(8-10-17)18(21)20-14-15-6-5-11-19-13-15/h5-11,13H,2-4,12,14H2,1H3,(H,20,21). The molecule has 0 spiro atoms. The molecular weight excluding hydrogens is 276 g/mol. The number of nitrogens with zero attached hydrogens (tertiary/aromatic N) is 1. The van der Waals surface area contributed by atoms with Crippen molar-refractivity contribution >= 4 is 5.91 Å². The second-order valence-electron chi connectivity index (χ2n) is 5.12. The molecular formula is C18H22N2O2. The van der Waals surface area contributed by atoms with Gasteiger partial charge < -0.3 is 10.1 Å². The smallest absolute Gasteiger partial charge is 0.251 e. The van der Waals surface area contributed by atoms with Crippen LogP contribution >= 0.6 is 0 Å². The third-order valence-electron chi connectivity index (χ3n) is 3.31. The van der Waals surface area contributed by atoms with Gasteiger partial charge in [0.2, 0.25) is 0 Å². The van der Waals surface area contributed by atoms with Gasteiger partial charge in [-0.1, -0.05) is 25.8 Å². The Morgan fingerprint density at radius 3 is 2.68 bits per heavy atom. The third-order valence-corrected chi connectivity index (χ3v) is 3.31. The van der Waals surface area contributed by atoms with E-state index in [0.29, 0.717) is 12.1 Å². The zero-order chi connectivity index (χ0) is 15.6. The fourth-order valence-corrected chi connectivity index (χ4v) is 2.03. The Kier molecular flexibility index (Phi) is 6.42. The molecule has 22 heavy (non-hydrogen) atoms. The number of rotatable bonds is 8. The summed E-state index contributed by atoms with van der Waals surface area (Å²) in [5.74, 6) is 0.710. The fourth-order valence-electron chi connectivity index (χ4n) is 2.03. The highest BCUT2D eigenvalue weighted by molar-refractivity contribution is 5.94. The summed E-state index contributed by atoms with van der Waals surface area (Å²) in [6.45, 7) is 3.36. The summed E-state index contributed by atoms with van der Waals surface area (Å²) < 4.78 is 5.63. The van der Waals surface area contributed by atoms with Crippen LogP contribution in [0.3, 0.4) is 0 Å². The molecule has 1 N–H and O–H groups in total. The zero-order valence-electron chi connectivity index (χ0n) is 12.9. The minimum absolute atomic E-state index is 0.0959. The fraction of sp³-hybridized carbons (Fsp3) is 0.333. The molecule has 1 heterocycles. The molecule has 0 fully saturated rings. The van der Waals surface area contributed by atoms with Crippen LogP contribution in [0.4, 0.5) is 0 Å². The Labute approximate surface area is 131 Å². The zero-order valence-corrected chi connectivity index (χ0v) is 12.9. The van der Waals surface area contributed by atoms with Crippen molar-refractivity contribution in [2.45, 2.75) is 32.7 Å². The van der Waals surface area contributed by atoms with Crippen molar-refractivity contribution in [1.29, 1.82) is 0 Å². The molecule has 0 radical (unpaired) electrons. The highest BCUT2D eigenvalue weighted by Crippen LogP contribution is 2.13. The van der Waals surface area contributed by atoms with Crippen molar-refractivity contribution < 1.29 is 9.53 Å². The van der Waals surface area contributed by atoms with Crippen LogP contribution in [0.2, 0.25) is 0 Å². The summed E-state index contributed by atoms with van der Waals surface area (Å²) in [5.41, 5.74) is 1.61. The Morgan fingerprint density at radius 1 is 1.18 bits per heavy atom. The van der Waals surface area contributed by atoms with Crippen molar-refractivity contribution in [2.75, 3.05) is 6.61 Å². The average Bonchev–Trinajstić information content (AvgIpc) is 2.58. The van der Waals surface area contributed by atoms with Crippen LogP contribution in [-0.2, 0) is 6.54 Å². The van der Waals surface area contributed by atoms with Gasteiger partial charge in [-0.25, -0.2) is 0 Å². The van der Waals surface area contributed by atoms with E-state index in [9.17, 15) is 4.79 Å². The SMILES string of the molecule is CCCCCOc1ccc(C(=O)NCc2cccnc2)cc1. The van der Waals surface area contributed by atoms with Gasteiger partial charge in [0, 0.05) is 24.5 Å². The van der Waals surface area contributed by atoms with E-state index in [-0.39, 0.29) is 5.91 Å². The molecule has 0 aliphatic heterocycles. The maximum atomic E-state index is 12.1. The third kappa shape index (κ3) is 5.20. The number of hydrogen-bond acceptors (Lipinski definition) is 3. The van der Waals surface area contributed by atoms with Gasteiger partial charge in [0.05, 0.1) is 6.61 Å². The first-order chi connectivity index (χ1) is 10.8. The van der Waals surface area contributed by atoms with Crippen molar-refractivity contribution in [1.82, 2.24) is 10.3 Å². The van der Waals surface area contributed by atoms with Gasteiger partial charge in [-0.05, 0) is 42.3 Å². The Hall–Kier alpha value is -2.36. The first-order valence-electron chi connectivity index (χ1n) is 7.69. The van der Waals surface area contributed by atoms with Crippen LogP contribution in [0.25, 0.3) is 0 Å². The lowest BCUT2D eigenvalue weighted by molar-refractivity contribution is 0.0951. The summed E-state index contributed by atoms with van der Waals surface area (Å²) in [6.07, 6.45) is 6.87. The number of amides is 1. The summed E-state index contributed by atoms with van der Waals surface area (Å²) in [5, 5.41) is 2.87. The van der Waals surface area contributed by atoms with Gasteiger partial charge in [0.25, 0.3) is 5.91 Å². The molecule has 0 saturated heterocycles. The largest absolute Gasteiger partial charge is 0.494 e. The van der Waals surface area contributed by atoms with E-state index >= 15 is 0 Å². The van der Waals surface area contributed by atoms with E-state index in [1.54, 1.807) is 24.5 Å². The van der Waals surface area contributed by atoms with Crippen molar-refractivity contribution in [2.24, 2.45) is 0 Å². The number of pyridine rings is 1. The summed E-state index contributed by atoms with van der Waals surface area (Å²) >= 11 is 0. The van der Waals surface area contributed by atoms with Crippen molar-refractivity contribution in [3.05, 3.63) is 59.9 Å². The highest BCUT2D eigenvalue weighted by atomic mass is 16.5. The molecule has 2 rings (SSSR count). The van der Waals surface area contributed by atoms with Crippen molar-refractivity contribution in [3.8, 4) is 5.75 Å². The molecule has 1 amide bonds. The number of hydrogen-bond donors (Lipinski definition) is 1. The molecule has 1 aromatic carbocycles. The monoisotopic (exact) mass is 298 g/mol. The second-order valence-corrected chi connectivity index (χ2v) is 5.12. The summed E-state index contributed by atoms with van der Waals surface area (Å²) in [4.78, 5) is 16.1. The Bertz CT molecular complexity index is 567. The van der Waals surface area contributed by atoms with Gasteiger partial charge in [0.15, 0.2) is 0 Å². The lowest BCUT2D eigenvalue weighted by Crippen LogP contribution is -2.22. The van der Waals surface area contributed by atoms with E-state index in [2.05, 4.69) is 17.2 Å². The summed E-state index contributed by atoms with van der Waals surface area (Å²) in [7, 11) is 0. The van der Waals surface area contributed by atoms with E-state index in [0.717, 1.165) is 24.3 Å². The predicted molar refractivity (Wildman–Crippen MR) is 86.9 cm³/mol. The van der Waals surface area contributed by atoms with Crippen LogP contribution in [0.5, 0.6) is 5.75 Å². The molecule has 0 atom stereocenters. The number of carbonyl (C=O) groups is 1. The van der Waals surface area contributed by atoms with E-state index in [1.807, 2.05) is 24.3 Å². The lowest BCUT2D eigenvalue weighted by Gasteiger charge is -2.08. The summed E-state index contributed by atoms with van der Waals surface area (Å²) in [6, 6.07) is 11.0. The highest BCUT2D eigenvalue weighted by Gasteiger charge is 2.05. The van der Waals surface area contributed by atoms with Gasteiger partial charge in [-0.15, -0.1) is 0 Å². The molecule has 116 valence electrons. The minimum Gasteiger partial charge on any atom is -0.494 e. The predicted octanol–water partition coefficient (Wildman–Crippen LogP) is 3.58. The molecule has 0 saturated carbocycles. The average molecular weight is 298 g/mol. The maximum Gasteiger partial charge on any atom is 0.251 e. The first-order valence-corrected chi connectivity index (χ1v) is 7.69. The Balaban J connectivity index is 1.80. The molecule has 0 bridgehead atoms. The van der Waals surface area contributed by atoms with Crippen LogP contribution in [0.15, 0.2) is 48.8 Å². The first kappa shape index (κ1) is 16.0. The number of carbonyl (C=O) groups excluding carboxylic acids is 1. The maximum absolute atomic E-state index is 12.1. The van der Waals surface area contributed by atoms with Crippen LogP contribution < -0.4 is 10.1 Å². The van der Waals surface area contributed by atoms with Gasteiger partial charge in [-0.2, -0.15) is 0 Å². The van der Waals surface area contributed by atoms with Crippen LogP contribution in [0, 0.1) is 0 Å². The molecule has 0 aliphatic rings. The lowest BCUT2D eigenvalue weighted by atomic mass is 10.2. The normalized spacial score (nSPS) is 10.2. The molecule has 0 aliphatic carbocycles.